The molecule has 0 saturated carbocycles. The lowest BCUT2D eigenvalue weighted by Crippen LogP contribution is -2.54. The standard InChI is InChI=1S/C14H12ClNO3/c15-12-10-6-7-11(13(10)17)16(14(12)18)19-8-9-4-2-1-3-5-9/h1-7,10-12H,8H2/t10-,11-,12-/m0/s1. The van der Waals surface area contributed by atoms with Crippen LogP contribution in [-0.2, 0) is 21.0 Å². The molecule has 1 aliphatic carbocycles. The molecule has 19 heavy (non-hydrogen) atoms. The van der Waals surface area contributed by atoms with Gasteiger partial charge in [-0.2, -0.15) is 0 Å². The highest BCUT2D eigenvalue weighted by molar-refractivity contribution is 6.34. The third-order valence-corrected chi connectivity index (χ3v) is 3.81. The van der Waals surface area contributed by atoms with Crippen LogP contribution in [0.25, 0.3) is 0 Å². The van der Waals surface area contributed by atoms with Crippen molar-refractivity contribution in [3.8, 4) is 0 Å². The van der Waals surface area contributed by atoms with Gasteiger partial charge in [0.25, 0.3) is 5.91 Å². The Morgan fingerprint density at radius 1 is 1.16 bits per heavy atom. The predicted octanol–water partition coefficient (Wildman–Crippen LogP) is 1.69. The van der Waals surface area contributed by atoms with Gasteiger partial charge in [-0.3, -0.25) is 14.4 Å². The first-order chi connectivity index (χ1) is 9.18. The number of alkyl halides is 1. The van der Waals surface area contributed by atoms with E-state index in [0.717, 1.165) is 10.6 Å². The summed E-state index contributed by atoms with van der Waals surface area (Å²) in [5.41, 5.74) is 0.929. The second-order valence-electron chi connectivity index (χ2n) is 4.58. The zero-order valence-corrected chi connectivity index (χ0v) is 10.8. The summed E-state index contributed by atoms with van der Waals surface area (Å²) in [4.78, 5) is 29.5. The summed E-state index contributed by atoms with van der Waals surface area (Å²) in [6.07, 6.45) is 3.37. The van der Waals surface area contributed by atoms with Crippen LogP contribution in [0.2, 0.25) is 0 Å². The Kier molecular flexibility index (Phi) is 3.12. The number of halogens is 1. The van der Waals surface area contributed by atoms with Crippen molar-refractivity contribution in [1.82, 2.24) is 5.06 Å². The molecule has 1 amide bonds. The summed E-state index contributed by atoms with van der Waals surface area (Å²) >= 11 is 5.99. The van der Waals surface area contributed by atoms with Gasteiger partial charge in [0.1, 0.15) is 18.0 Å². The van der Waals surface area contributed by atoms with E-state index >= 15 is 0 Å². The molecule has 1 fully saturated rings. The zero-order valence-electron chi connectivity index (χ0n) is 10.0. The fraction of sp³-hybridized carbons (Fsp3) is 0.286. The molecule has 3 rings (SSSR count). The number of ketones is 1. The van der Waals surface area contributed by atoms with Gasteiger partial charge in [0, 0.05) is 0 Å². The Bertz CT molecular complexity index is 543. The summed E-state index contributed by atoms with van der Waals surface area (Å²) < 4.78 is 0. The van der Waals surface area contributed by atoms with Crippen LogP contribution in [0.15, 0.2) is 42.5 Å². The summed E-state index contributed by atoms with van der Waals surface area (Å²) in [5, 5.41) is 0.241. The van der Waals surface area contributed by atoms with Crippen molar-refractivity contribution in [2.24, 2.45) is 5.92 Å². The van der Waals surface area contributed by atoms with Crippen molar-refractivity contribution in [1.29, 1.82) is 0 Å². The molecule has 0 spiro atoms. The van der Waals surface area contributed by atoms with Crippen LogP contribution in [-0.4, -0.2) is 28.2 Å². The van der Waals surface area contributed by atoms with Gasteiger partial charge in [-0.05, 0) is 5.56 Å². The normalized spacial score (nSPS) is 29.1. The number of rotatable bonds is 3. The van der Waals surface area contributed by atoms with E-state index in [1.807, 2.05) is 30.3 Å². The first-order valence-corrected chi connectivity index (χ1v) is 6.48. The summed E-state index contributed by atoms with van der Waals surface area (Å²) in [6.45, 7) is 0.235. The number of fused-ring (bicyclic) bond motifs is 2. The SMILES string of the molecule is O=C1[C@H]2C=C[C@@H]1N(OCc1ccccc1)C(=O)[C@H]2Cl. The van der Waals surface area contributed by atoms with E-state index in [0.29, 0.717) is 0 Å². The van der Waals surface area contributed by atoms with Crippen LogP contribution in [0.5, 0.6) is 0 Å². The molecule has 2 aliphatic rings. The lowest BCUT2D eigenvalue weighted by molar-refractivity contribution is -0.206. The van der Waals surface area contributed by atoms with E-state index in [1.165, 1.54) is 0 Å². The maximum absolute atomic E-state index is 12.0. The molecule has 2 bridgehead atoms. The molecular weight excluding hydrogens is 266 g/mol. The lowest BCUT2D eigenvalue weighted by Gasteiger charge is -2.33. The van der Waals surface area contributed by atoms with Crippen molar-refractivity contribution in [3.63, 3.8) is 0 Å². The van der Waals surface area contributed by atoms with Gasteiger partial charge >= 0.3 is 0 Å². The highest BCUT2D eigenvalue weighted by Crippen LogP contribution is 2.32. The number of hydrogen-bond acceptors (Lipinski definition) is 3. The summed E-state index contributed by atoms with van der Waals surface area (Å²) in [7, 11) is 0. The van der Waals surface area contributed by atoms with Gasteiger partial charge in [-0.1, -0.05) is 42.5 Å². The zero-order chi connectivity index (χ0) is 13.4. The predicted molar refractivity (Wildman–Crippen MR) is 69.1 cm³/mol. The first kappa shape index (κ1) is 12.4. The number of Topliss-reactive ketones (excluding diaryl/α,β-unsaturated/α-hetero) is 1. The highest BCUT2D eigenvalue weighted by atomic mass is 35.5. The Morgan fingerprint density at radius 2 is 1.89 bits per heavy atom. The number of piperidine rings is 1. The molecule has 98 valence electrons. The Labute approximate surface area is 115 Å². The number of carbonyl (C=O) groups is 2. The number of hydroxylamine groups is 2. The second kappa shape index (κ2) is 4.79. The Balaban J connectivity index is 1.75. The quantitative estimate of drug-likeness (QED) is 0.624. The molecule has 5 heteroatoms. The van der Waals surface area contributed by atoms with E-state index < -0.39 is 17.3 Å². The minimum absolute atomic E-state index is 0.0762. The van der Waals surface area contributed by atoms with Crippen molar-refractivity contribution in [3.05, 3.63) is 48.0 Å². The average molecular weight is 278 g/mol. The smallest absolute Gasteiger partial charge is 0.266 e. The van der Waals surface area contributed by atoms with Gasteiger partial charge in [0.15, 0.2) is 5.78 Å². The molecule has 3 atom stereocenters. The Hall–Kier alpha value is -1.65. The molecule has 1 aromatic rings. The third kappa shape index (κ3) is 2.07. The fourth-order valence-corrected chi connectivity index (χ4v) is 2.63. The number of hydrogen-bond donors (Lipinski definition) is 0. The third-order valence-electron chi connectivity index (χ3n) is 3.35. The maximum atomic E-state index is 12.0. The van der Waals surface area contributed by atoms with Crippen LogP contribution in [0.4, 0.5) is 0 Å². The van der Waals surface area contributed by atoms with Crippen molar-refractivity contribution in [2.45, 2.75) is 18.0 Å². The van der Waals surface area contributed by atoms with E-state index in [4.69, 9.17) is 16.4 Å². The van der Waals surface area contributed by atoms with Crippen molar-refractivity contribution < 1.29 is 14.4 Å². The first-order valence-electron chi connectivity index (χ1n) is 6.04. The van der Waals surface area contributed by atoms with Gasteiger partial charge in [0.2, 0.25) is 0 Å². The number of benzene rings is 1. The highest BCUT2D eigenvalue weighted by Gasteiger charge is 2.49. The van der Waals surface area contributed by atoms with Crippen LogP contribution in [0.3, 0.4) is 0 Å². The van der Waals surface area contributed by atoms with Crippen LogP contribution >= 0.6 is 11.6 Å². The fourth-order valence-electron chi connectivity index (χ4n) is 2.32. The van der Waals surface area contributed by atoms with E-state index in [-0.39, 0.29) is 18.3 Å². The molecule has 4 nitrogen and oxygen atoms in total. The molecule has 0 unspecified atom stereocenters. The molecule has 1 aromatic carbocycles. The van der Waals surface area contributed by atoms with Gasteiger partial charge in [0.05, 0.1) is 5.92 Å². The minimum atomic E-state index is -0.863. The molecule has 0 aromatic heterocycles. The topological polar surface area (TPSA) is 46.6 Å². The Morgan fingerprint density at radius 3 is 2.63 bits per heavy atom. The summed E-state index contributed by atoms with van der Waals surface area (Å²) in [6, 6.07) is 8.83. The maximum Gasteiger partial charge on any atom is 0.266 e. The van der Waals surface area contributed by atoms with Crippen LogP contribution in [0.1, 0.15) is 5.56 Å². The van der Waals surface area contributed by atoms with Crippen molar-refractivity contribution >= 4 is 23.3 Å². The number of allylic oxidation sites excluding steroid dienone is 1. The van der Waals surface area contributed by atoms with Crippen LogP contribution in [0, 0.1) is 5.92 Å². The molecule has 0 N–H and O–H groups in total. The van der Waals surface area contributed by atoms with Gasteiger partial charge < -0.3 is 0 Å². The number of nitrogens with zero attached hydrogens (tertiary/aromatic N) is 1. The monoisotopic (exact) mass is 277 g/mol. The van der Waals surface area contributed by atoms with Crippen LogP contribution < -0.4 is 0 Å². The molecule has 1 aliphatic heterocycles. The van der Waals surface area contributed by atoms with Gasteiger partial charge in [-0.15, -0.1) is 11.6 Å². The number of carbonyl (C=O) groups excluding carboxylic acids is 2. The molecule has 0 radical (unpaired) electrons. The minimum Gasteiger partial charge on any atom is -0.296 e. The average Bonchev–Trinajstić information content (AvgIpc) is 2.75. The summed E-state index contributed by atoms with van der Waals surface area (Å²) in [5.74, 6) is -0.930. The van der Waals surface area contributed by atoms with E-state index in [9.17, 15) is 9.59 Å². The van der Waals surface area contributed by atoms with E-state index in [1.54, 1.807) is 12.2 Å². The largest absolute Gasteiger partial charge is 0.296 e. The lowest BCUT2D eigenvalue weighted by atomic mass is 9.97. The van der Waals surface area contributed by atoms with E-state index in [2.05, 4.69) is 0 Å². The number of amides is 1. The molecule has 1 heterocycles. The van der Waals surface area contributed by atoms with Crippen molar-refractivity contribution in [2.75, 3.05) is 0 Å². The van der Waals surface area contributed by atoms with Gasteiger partial charge in [-0.25, -0.2) is 5.06 Å². The molecular formula is C14H12ClNO3. The molecule has 1 saturated heterocycles. The second-order valence-corrected chi connectivity index (χ2v) is 5.05.